The molecule has 0 aliphatic carbocycles. The lowest BCUT2D eigenvalue weighted by molar-refractivity contribution is 0.0995. The summed E-state index contributed by atoms with van der Waals surface area (Å²) in [7, 11) is 0. The Labute approximate surface area is 127 Å². The molecule has 0 atom stereocenters. The Morgan fingerprint density at radius 1 is 1.18 bits per heavy atom. The minimum absolute atomic E-state index is 0.0149. The van der Waals surface area contributed by atoms with E-state index < -0.39 is 5.91 Å². The molecule has 22 heavy (non-hydrogen) atoms. The minimum Gasteiger partial charge on any atom is -0.367 e. The lowest BCUT2D eigenvalue weighted by atomic mass is 10.3. The highest BCUT2D eigenvalue weighted by Gasteiger charge is 2.14. The highest BCUT2D eigenvalue weighted by Crippen LogP contribution is 2.19. The molecule has 2 aromatic rings. The molecule has 0 aliphatic heterocycles. The monoisotopic (exact) mass is 302 g/mol. The molecule has 9 heteroatoms. The number of primary amides is 1. The number of carbonyl (C=O) groups excluding carboxylic acids is 1. The van der Waals surface area contributed by atoms with Gasteiger partial charge in [0.05, 0.1) is 5.69 Å². The van der Waals surface area contributed by atoms with E-state index in [-0.39, 0.29) is 5.69 Å². The molecule has 0 radical (unpaired) electrons. The number of nitrogens with zero attached hydrogens (tertiary/aromatic N) is 4. The van der Waals surface area contributed by atoms with Crippen LogP contribution in [0.15, 0.2) is 12.1 Å². The second-order valence-electron chi connectivity index (χ2n) is 4.67. The molecule has 0 aliphatic rings. The number of carbonyl (C=O) groups is 1. The smallest absolute Gasteiger partial charge is 0.271 e. The molecule has 0 unspecified atom stereocenters. The SMILES string of the molecule is Cc1cc(C)nc(Nc2cc(NCCN)nnc2C(N)=O)n1. The van der Waals surface area contributed by atoms with Crippen LogP contribution >= 0.6 is 0 Å². The van der Waals surface area contributed by atoms with E-state index in [1.54, 1.807) is 6.07 Å². The summed E-state index contributed by atoms with van der Waals surface area (Å²) in [6.45, 7) is 4.69. The lowest BCUT2D eigenvalue weighted by Gasteiger charge is -2.11. The van der Waals surface area contributed by atoms with Crippen LogP contribution in [0.5, 0.6) is 0 Å². The van der Waals surface area contributed by atoms with Gasteiger partial charge in [0.2, 0.25) is 5.95 Å². The van der Waals surface area contributed by atoms with Gasteiger partial charge < -0.3 is 22.1 Å². The van der Waals surface area contributed by atoms with Crippen LogP contribution in [-0.4, -0.2) is 39.2 Å². The summed E-state index contributed by atoms with van der Waals surface area (Å²) < 4.78 is 0. The first-order valence-electron chi connectivity index (χ1n) is 6.70. The van der Waals surface area contributed by atoms with Crippen LogP contribution in [0.3, 0.4) is 0 Å². The van der Waals surface area contributed by atoms with Gasteiger partial charge in [-0.15, -0.1) is 10.2 Å². The number of nitrogens with one attached hydrogen (secondary N) is 2. The van der Waals surface area contributed by atoms with E-state index >= 15 is 0 Å². The van der Waals surface area contributed by atoms with Crippen LogP contribution in [-0.2, 0) is 0 Å². The highest BCUT2D eigenvalue weighted by molar-refractivity contribution is 5.97. The maximum Gasteiger partial charge on any atom is 0.271 e. The number of aromatic nitrogens is 4. The van der Waals surface area contributed by atoms with Gasteiger partial charge in [-0.25, -0.2) is 9.97 Å². The van der Waals surface area contributed by atoms with Crippen molar-refractivity contribution in [3.63, 3.8) is 0 Å². The van der Waals surface area contributed by atoms with Crippen LogP contribution in [0.2, 0.25) is 0 Å². The number of amides is 1. The molecule has 0 bridgehead atoms. The Kier molecular flexibility index (Phi) is 4.79. The zero-order valence-electron chi connectivity index (χ0n) is 12.4. The van der Waals surface area contributed by atoms with Gasteiger partial charge in [0, 0.05) is 30.5 Å². The summed E-state index contributed by atoms with van der Waals surface area (Å²) in [6.07, 6.45) is 0. The summed E-state index contributed by atoms with van der Waals surface area (Å²) in [5, 5.41) is 13.6. The third kappa shape index (κ3) is 3.85. The second kappa shape index (κ2) is 6.76. The van der Waals surface area contributed by atoms with Crippen molar-refractivity contribution in [3.05, 3.63) is 29.2 Å². The second-order valence-corrected chi connectivity index (χ2v) is 4.67. The fourth-order valence-electron chi connectivity index (χ4n) is 1.86. The Balaban J connectivity index is 2.35. The molecule has 2 aromatic heterocycles. The Hall–Kier alpha value is -2.81. The standard InChI is InChI=1S/C13H18N8O/c1-7-5-8(2)18-13(17-7)19-9-6-10(16-4-3-14)20-21-11(9)12(15)22/h5-6H,3-4,14H2,1-2H3,(H2,15,22)(H2,16,17,18,19,20). The molecule has 2 heterocycles. The third-order valence-corrected chi connectivity index (χ3v) is 2.71. The van der Waals surface area contributed by atoms with Gasteiger partial charge in [-0.05, 0) is 19.9 Å². The van der Waals surface area contributed by atoms with E-state index in [2.05, 4.69) is 30.8 Å². The van der Waals surface area contributed by atoms with Crippen LogP contribution < -0.4 is 22.1 Å². The predicted octanol–water partition coefficient (Wildman–Crippen LogP) is 0.0965. The maximum absolute atomic E-state index is 11.5. The van der Waals surface area contributed by atoms with E-state index in [9.17, 15) is 4.79 Å². The minimum atomic E-state index is -0.690. The topological polar surface area (TPSA) is 145 Å². The zero-order valence-corrected chi connectivity index (χ0v) is 12.4. The number of hydrogen-bond acceptors (Lipinski definition) is 8. The van der Waals surface area contributed by atoms with Crippen molar-refractivity contribution < 1.29 is 4.79 Å². The van der Waals surface area contributed by atoms with Crippen LogP contribution in [0, 0.1) is 13.8 Å². The quantitative estimate of drug-likeness (QED) is 0.587. The average molecular weight is 302 g/mol. The van der Waals surface area contributed by atoms with Crippen LogP contribution in [0.1, 0.15) is 21.9 Å². The zero-order chi connectivity index (χ0) is 16.1. The Bertz CT molecular complexity index is 667. The molecule has 0 saturated heterocycles. The van der Waals surface area contributed by atoms with Crippen LogP contribution in [0.4, 0.5) is 17.5 Å². The molecule has 0 spiro atoms. The molecule has 0 saturated carbocycles. The Morgan fingerprint density at radius 2 is 1.86 bits per heavy atom. The lowest BCUT2D eigenvalue weighted by Crippen LogP contribution is -2.19. The van der Waals surface area contributed by atoms with Crippen LogP contribution in [0.25, 0.3) is 0 Å². The van der Waals surface area contributed by atoms with Crippen molar-refractivity contribution in [1.29, 1.82) is 0 Å². The van der Waals surface area contributed by atoms with Gasteiger partial charge in [0.25, 0.3) is 5.91 Å². The maximum atomic E-state index is 11.5. The first kappa shape index (κ1) is 15.6. The molecule has 1 amide bonds. The van der Waals surface area contributed by atoms with Crippen molar-refractivity contribution >= 4 is 23.4 Å². The largest absolute Gasteiger partial charge is 0.367 e. The number of rotatable bonds is 6. The van der Waals surface area contributed by atoms with E-state index in [0.717, 1.165) is 11.4 Å². The fourth-order valence-corrected chi connectivity index (χ4v) is 1.86. The van der Waals surface area contributed by atoms with Crippen molar-refractivity contribution in [2.45, 2.75) is 13.8 Å². The van der Waals surface area contributed by atoms with E-state index in [1.165, 1.54) is 0 Å². The van der Waals surface area contributed by atoms with Gasteiger partial charge in [0.1, 0.15) is 0 Å². The van der Waals surface area contributed by atoms with Gasteiger partial charge in [-0.1, -0.05) is 0 Å². The summed E-state index contributed by atoms with van der Waals surface area (Å²) in [5.74, 6) is 0.143. The van der Waals surface area contributed by atoms with Gasteiger partial charge in [-0.3, -0.25) is 4.79 Å². The van der Waals surface area contributed by atoms with E-state index in [4.69, 9.17) is 11.5 Å². The molecule has 9 nitrogen and oxygen atoms in total. The summed E-state index contributed by atoms with van der Waals surface area (Å²) >= 11 is 0. The van der Waals surface area contributed by atoms with Crippen molar-refractivity contribution in [1.82, 2.24) is 20.2 Å². The molecule has 2 rings (SSSR count). The molecular formula is C13H18N8O. The van der Waals surface area contributed by atoms with Gasteiger partial charge in [0.15, 0.2) is 11.5 Å². The molecule has 116 valence electrons. The summed E-state index contributed by atoms with van der Waals surface area (Å²) in [6, 6.07) is 3.46. The van der Waals surface area contributed by atoms with Crippen molar-refractivity contribution in [2.24, 2.45) is 11.5 Å². The molecule has 0 fully saturated rings. The van der Waals surface area contributed by atoms with E-state index in [0.29, 0.717) is 30.5 Å². The van der Waals surface area contributed by atoms with Gasteiger partial charge >= 0.3 is 0 Å². The first-order chi connectivity index (χ1) is 10.5. The summed E-state index contributed by atoms with van der Waals surface area (Å²) in [5.41, 5.74) is 12.8. The normalized spacial score (nSPS) is 10.3. The number of nitrogens with two attached hydrogens (primary N) is 2. The first-order valence-corrected chi connectivity index (χ1v) is 6.70. The van der Waals surface area contributed by atoms with E-state index in [1.807, 2.05) is 19.9 Å². The van der Waals surface area contributed by atoms with Gasteiger partial charge in [-0.2, -0.15) is 0 Å². The fraction of sp³-hybridized carbons (Fsp3) is 0.308. The highest BCUT2D eigenvalue weighted by atomic mass is 16.1. The third-order valence-electron chi connectivity index (χ3n) is 2.71. The number of anilines is 3. The molecule has 0 aromatic carbocycles. The number of aryl methyl sites for hydroxylation is 2. The predicted molar refractivity (Wildman–Crippen MR) is 82.9 cm³/mol. The summed E-state index contributed by atoms with van der Waals surface area (Å²) in [4.78, 5) is 20.0. The molecular weight excluding hydrogens is 284 g/mol. The van der Waals surface area contributed by atoms with Crippen molar-refractivity contribution in [2.75, 3.05) is 23.7 Å². The Morgan fingerprint density at radius 3 is 2.45 bits per heavy atom. The number of hydrogen-bond donors (Lipinski definition) is 4. The molecule has 6 N–H and O–H groups in total. The average Bonchev–Trinajstić information content (AvgIpc) is 2.43. The van der Waals surface area contributed by atoms with Crippen molar-refractivity contribution in [3.8, 4) is 0 Å².